The highest BCUT2D eigenvalue weighted by Gasteiger charge is 2.33. The number of hydrogen-bond donors (Lipinski definition) is 3. The van der Waals surface area contributed by atoms with Crippen LogP contribution in [0.15, 0.2) is 0 Å². The van der Waals surface area contributed by atoms with Crippen molar-refractivity contribution in [3.05, 3.63) is 0 Å². The molecule has 0 fully saturated rings. The molecular formula is C11H22N2O5S. The molecule has 0 spiro atoms. The van der Waals surface area contributed by atoms with E-state index in [0.29, 0.717) is 12.8 Å². The number of urea groups is 1. The van der Waals surface area contributed by atoms with Crippen LogP contribution in [-0.4, -0.2) is 49.1 Å². The molecule has 3 N–H and O–H groups in total. The number of carbonyl (C=O) groups is 2. The quantitative estimate of drug-likeness (QED) is 0.598. The maximum Gasteiger partial charge on any atom is 0.329 e. The van der Waals surface area contributed by atoms with Crippen LogP contribution >= 0.6 is 0 Å². The number of hydrogen-bond acceptors (Lipinski definition) is 4. The lowest BCUT2D eigenvalue weighted by molar-refractivity contribution is -0.144. The molecule has 19 heavy (non-hydrogen) atoms. The standard InChI is InChI=1S/C11H22N2O5S/c1-4-6-11(3,9(14)15)13-10(16)12-7-8-19(17,18)5-2/h4-8H2,1-3H3,(H,14,15)(H2,12,13,16). The molecule has 0 radical (unpaired) electrons. The van der Waals surface area contributed by atoms with Gasteiger partial charge < -0.3 is 15.7 Å². The van der Waals surface area contributed by atoms with Gasteiger partial charge in [0.2, 0.25) is 0 Å². The van der Waals surface area contributed by atoms with Crippen molar-refractivity contribution in [2.45, 2.75) is 39.2 Å². The summed E-state index contributed by atoms with van der Waals surface area (Å²) in [7, 11) is -3.14. The Hall–Kier alpha value is -1.31. The Kier molecular flexibility index (Phi) is 6.82. The zero-order valence-electron chi connectivity index (χ0n) is 11.5. The van der Waals surface area contributed by atoms with Crippen molar-refractivity contribution in [2.24, 2.45) is 0 Å². The Labute approximate surface area is 113 Å². The van der Waals surface area contributed by atoms with Crippen molar-refractivity contribution in [1.82, 2.24) is 10.6 Å². The van der Waals surface area contributed by atoms with Gasteiger partial charge in [0.1, 0.15) is 5.54 Å². The molecule has 1 atom stereocenters. The molecule has 0 heterocycles. The van der Waals surface area contributed by atoms with Crippen LogP contribution in [0.4, 0.5) is 4.79 Å². The number of carboxylic acids is 1. The van der Waals surface area contributed by atoms with E-state index in [9.17, 15) is 18.0 Å². The van der Waals surface area contributed by atoms with E-state index in [1.54, 1.807) is 0 Å². The zero-order valence-corrected chi connectivity index (χ0v) is 12.3. The fourth-order valence-electron chi connectivity index (χ4n) is 1.48. The van der Waals surface area contributed by atoms with E-state index in [4.69, 9.17) is 5.11 Å². The molecule has 0 aromatic heterocycles. The van der Waals surface area contributed by atoms with Crippen LogP contribution in [0.1, 0.15) is 33.6 Å². The summed E-state index contributed by atoms with van der Waals surface area (Å²) in [6.45, 7) is 4.72. The van der Waals surface area contributed by atoms with Gasteiger partial charge in [0.05, 0.1) is 5.75 Å². The van der Waals surface area contributed by atoms with Crippen LogP contribution in [0.25, 0.3) is 0 Å². The van der Waals surface area contributed by atoms with Gasteiger partial charge in [-0.25, -0.2) is 18.0 Å². The summed E-state index contributed by atoms with van der Waals surface area (Å²) >= 11 is 0. The Balaban J connectivity index is 4.34. The topological polar surface area (TPSA) is 113 Å². The van der Waals surface area contributed by atoms with E-state index in [0.717, 1.165) is 0 Å². The lowest BCUT2D eigenvalue weighted by atomic mass is 9.97. The van der Waals surface area contributed by atoms with Gasteiger partial charge in [-0.15, -0.1) is 0 Å². The molecule has 0 saturated heterocycles. The minimum Gasteiger partial charge on any atom is -0.480 e. The van der Waals surface area contributed by atoms with E-state index in [1.165, 1.54) is 13.8 Å². The third-order valence-electron chi connectivity index (χ3n) is 2.75. The van der Waals surface area contributed by atoms with Crippen molar-refractivity contribution < 1.29 is 23.1 Å². The molecule has 0 aliphatic carbocycles. The molecule has 0 aromatic rings. The largest absolute Gasteiger partial charge is 0.480 e. The van der Waals surface area contributed by atoms with Crippen molar-refractivity contribution >= 4 is 21.8 Å². The second-order valence-corrected chi connectivity index (χ2v) is 6.98. The molecule has 0 aliphatic heterocycles. The Morgan fingerprint density at radius 3 is 2.26 bits per heavy atom. The third kappa shape index (κ3) is 6.42. The lowest BCUT2D eigenvalue weighted by Crippen LogP contribution is -2.55. The van der Waals surface area contributed by atoms with Gasteiger partial charge in [-0.05, 0) is 13.3 Å². The van der Waals surface area contributed by atoms with E-state index in [1.807, 2.05) is 6.92 Å². The molecule has 0 aliphatic rings. The van der Waals surface area contributed by atoms with Crippen molar-refractivity contribution in [3.63, 3.8) is 0 Å². The molecule has 1 unspecified atom stereocenters. The first-order chi connectivity index (χ1) is 8.67. The number of nitrogens with one attached hydrogen (secondary N) is 2. The zero-order chi connectivity index (χ0) is 15.1. The van der Waals surface area contributed by atoms with Crippen LogP contribution < -0.4 is 10.6 Å². The summed E-state index contributed by atoms with van der Waals surface area (Å²) in [5.41, 5.74) is -1.34. The van der Waals surface area contributed by atoms with E-state index in [2.05, 4.69) is 10.6 Å². The normalized spacial score (nSPS) is 14.5. The molecule has 0 bridgehead atoms. The fourth-order valence-corrected chi connectivity index (χ4v) is 2.18. The minimum atomic E-state index is -3.14. The first kappa shape index (κ1) is 17.7. The molecule has 2 amide bonds. The van der Waals surface area contributed by atoms with Crippen molar-refractivity contribution in [2.75, 3.05) is 18.1 Å². The maximum atomic E-state index is 11.5. The molecule has 8 heteroatoms. The van der Waals surface area contributed by atoms with Gasteiger partial charge in [-0.2, -0.15) is 0 Å². The van der Waals surface area contributed by atoms with E-state index in [-0.39, 0.29) is 18.1 Å². The first-order valence-electron chi connectivity index (χ1n) is 6.16. The van der Waals surface area contributed by atoms with Gasteiger partial charge in [0, 0.05) is 12.3 Å². The minimum absolute atomic E-state index is 0.0129. The van der Waals surface area contributed by atoms with E-state index >= 15 is 0 Å². The van der Waals surface area contributed by atoms with Crippen LogP contribution in [0.2, 0.25) is 0 Å². The second-order valence-electron chi connectivity index (χ2n) is 4.50. The molecule has 0 aromatic carbocycles. The average molecular weight is 294 g/mol. The smallest absolute Gasteiger partial charge is 0.329 e. The highest BCUT2D eigenvalue weighted by atomic mass is 32.2. The monoisotopic (exact) mass is 294 g/mol. The number of carboxylic acid groups (broad SMARTS) is 1. The Bertz CT molecular complexity index is 421. The molecular weight excluding hydrogens is 272 g/mol. The first-order valence-corrected chi connectivity index (χ1v) is 7.99. The van der Waals surface area contributed by atoms with Gasteiger partial charge in [0.25, 0.3) is 0 Å². The fraction of sp³-hybridized carbons (Fsp3) is 0.818. The summed E-state index contributed by atoms with van der Waals surface area (Å²) in [5.74, 6) is -1.27. The Morgan fingerprint density at radius 1 is 1.26 bits per heavy atom. The Morgan fingerprint density at radius 2 is 1.84 bits per heavy atom. The summed E-state index contributed by atoms with van der Waals surface area (Å²) in [6, 6.07) is -0.676. The average Bonchev–Trinajstić information content (AvgIpc) is 2.28. The highest BCUT2D eigenvalue weighted by molar-refractivity contribution is 7.91. The summed E-state index contributed by atoms with van der Waals surface area (Å²) < 4.78 is 22.4. The van der Waals surface area contributed by atoms with Crippen LogP contribution in [0.3, 0.4) is 0 Å². The maximum absolute atomic E-state index is 11.5. The predicted molar refractivity (Wildman–Crippen MR) is 71.8 cm³/mol. The molecule has 7 nitrogen and oxygen atoms in total. The number of aliphatic carboxylic acids is 1. The van der Waals surface area contributed by atoms with Gasteiger partial charge in [-0.1, -0.05) is 20.3 Å². The predicted octanol–water partition coefficient (Wildman–Crippen LogP) is 0.364. The second kappa shape index (κ2) is 7.32. The van der Waals surface area contributed by atoms with Gasteiger partial charge in [-0.3, -0.25) is 0 Å². The van der Waals surface area contributed by atoms with Crippen LogP contribution in [0, 0.1) is 0 Å². The summed E-state index contributed by atoms with van der Waals surface area (Å²) in [5, 5.41) is 13.8. The molecule has 0 saturated carbocycles. The lowest BCUT2D eigenvalue weighted by Gasteiger charge is -2.25. The van der Waals surface area contributed by atoms with Crippen molar-refractivity contribution in [3.8, 4) is 0 Å². The molecule has 112 valence electrons. The SMILES string of the molecule is CCCC(C)(NC(=O)NCCS(=O)(=O)CC)C(=O)O. The number of carbonyl (C=O) groups excluding carboxylic acids is 1. The van der Waals surface area contributed by atoms with Gasteiger partial charge in [0.15, 0.2) is 9.84 Å². The third-order valence-corrected chi connectivity index (χ3v) is 4.46. The number of amides is 2. The molecule has 0 rings (SSSR count). The number of rotatable bonds is 8. The van der Waals surface area contributed by atoms with E-state index < -0.39 is 27.4 Å². The summed E-state index contributed by atoms with van der Waals surface area (Å²) in [6.07, 6.45) is 0.899. The highest BCUT2D eigenvalue weighted by Crippen LogP contribution is 2.12. The summed E-state index contributed by atoms with van der Waals surface area (Å²) in [4.78, 5) is 22.6. The van der Waals surface area contributed by atoms with Crippen LogP contribution in [0.5, 0.6) is 0 Å². The van der Waals surface area contributed by atoms with Gasteiger partial charge >= 0.3 is 12.0 Å². The van der Waals surface area contributed by atoms with Crippen molar-refractivity contribution in [1.29, 1.82) is 0 Å². The van der Waals surface area contributed by atoms with Crippen LogP contribution in [-0.2, 0) is 14.6 Å². The number of sulfone groups is 1.